The fourth-order valence-corrected chi connectivity index (χ4v) is 11.3. The number of pyridine rings is 1. The van der Waals surface area contributed by atoms with Crippen LogP contribution in [0.5, 0.6) is 11.6 Å². The maximum Gasteiger partial charge on any atom is 0.408 e. The summed E-state index contributed by atoms with van der Waals surface area (Å²) in [6.07, 6.45) is 7.53. The number of carboxylic acid groups (broad SMARTS) is 1. The third-order valence-electron chi connectivity index (χ3n) is 14.1. The molecule has 4 saturated carbocycles. The minimum absolute atomic E-state index is 0.0236. The standard InChI is InChI=1S/C43H58N6O9S/c1-24-9-7-8-10-29-22-43(29,40(52)46-59(55,56)42(3)13-14-42)45-37(50)34-21-32(58-38-33-12-11-31(57-6)19-28(33)20-35(44-38)47(4)5)23-48(34)39(51)36(25(2)15-24)49(41(53)54)30-17-26-16-27(26)18-30/h8,10-12,19-20,24-27,29-30,32,34,36H,7,9,13-18,21-23H2,1-6H3,(H,45,50)(H,46,52)(H,53,54)/b10-8-/t24-,25+,26-,27?,29+,30+,32+,34-,36-,43+/m0/s1. The molecular weight excluding hydrogens is 777 g/mol. The Morgan fingerprint density at radius 1 is 1.05 bits per heavy atom. The number of ether oxygens (including phenoxy) is 2. The van der Waals surface area contributed by atoms with Gasteiger partial charge in [-0.25, -0.2) is 13.2 Å². The molecule has 1 aromatic heterocycles. The zero-order valence-corrected chi connectivity index (χ0v) is 35.7. The van der Waals surface area contributed by atoms with Gasteiger partial charge in [0.15, 0.2) is 0 Å². The van der Waals surface area contributed by atoms with E-state index in [2.05, 4.69) is 17.0 Å². The number of nitrogens with zero attached hydrogens (tertiary/aromatic N) is 4. The lowest BCUT2D eigenvalue weighted by molar-refractivity contribution is -0.145. The minimum Gasteiger partial charge on any atom is -0.497 e. The first-order valence-electron chi connectivity index (χ1n) is 21.1. The Kier molecular flexibility index (Phi) is 10.6. The summed E-state index contributed by atoms with van der Waals surface area (Å²) in [6.45, 7) is 5.59. The number of sulfonamides is 1. The second-order valence-corrected chi connectivity index (χ2v) is 20.9. The van der Waals surface area contributed by atoms with Gasteiger partial charge in [0, 0.05) is 37.9 Å². The van der Waals surface area contributed by atoms with E-state index in [1.807, 2.05) is 56.3 Å². The second kappa shape index (κ2) is 15.1. The van der Waals surface area contributed by atoms with Crippen LogP contribution in [0.3, 0.4) is 0 Å². The number of methoxy groups -OCH3 is 1. The van der Waals surface area contributed by atoms with Gasteiger partial charge >= 0.3 is 6.09 Å². The van der Waals surface area contributed by atoms with Crippen LogP contribution in [0.1, 0.15) is 85.0 Å². The molecule has 59 heavy (non-hydrogen) atoms. The average Bonchev–Trinajstić information content (AvgIpc) is 4.14. The highest BCUT2D eigenvalue weighted by molar-refractivity contribution is 7.91. The van der Waals surface area contributed by atoms with Gasteiger partial charge < -0.3 is 29.7 Å². The lowest BCUT2D eigenvalue weighted by Crippen LogP contribution is -2.61. The van der Waals surface area contributed by atoms with Crippen LogP contribution in [0.4, 0.5) is 10.6 Å². The fraction of sp³-hybridized carbons (Fsp3) is 0.651. The zero-order chi connectivity index (χ0) is 42.2. The van der Waals surface area contributed by atoms with Crippen molar-refractivity contribution in [3.63, 3.8) is 0 Å². The maximum atomic E-state index is 15.3. The second-order valence-electron chi connectivity index (χ2n) is 18.7. The normalized spacial score (nSPS) is 34.2. The number of hydrogen-bond acceptors (Lipinski definition) is 10. The molecule has 4 aliphatic carbocycles. The molecule has 2 aromatic rings. The van der Waals surface area contributed by atoms with Gasteiger partial charge in [-0.3, -0.25) is 24.0 Å². The molecule has 0 radical (unpaired) electrons. The molecule has 1 saturated heterocycles. The topological polar surface area (TPSA) is 188 Å². The van der Waals surface area contributed by atoms with Crippen molar-refractivity contribution in [2.24, 2.45) is 29.6 Å². The fourth-order valence-electron chi connectivity index (χ4n) is 9.98. The van der Waals surface area contributed by atoms with E-state index in [1.165, 1.54) is 9.80 Å². The molecule has 6 aliphatic rings. The molecule has 3 heterocycles. The van der Waals surface area contributed by atoms with E-state index < -0.39 is 68.2 Å². The van der Waals surface area contributed by atoms with Gasteiger partial charge in [0.05, 0.1) is 18.4 Å². The molecule has 0 bridgehead atoms. The van der Waals surface area contributed by atoms with Gasteiger partial charge in [0.2, 0.25) is 27.7 Å². The van der Waals surface area contributed by atoms with Crippen LogP contribution in [-0.4, -0.2) is 114 Å². The summed E-state index contributed by atoms with van der Waals surface area (Å²) in [6, 6.07) is 4.90. The van der Waals surface area contributed by atoms with E-state index in [-0.39, 0.29) is 37.3 Å². The summed E-state index contributed by atoms with van der Waals surface area (Å²) < 4.78 is 40.0. The molecule has 10 atom stereocenters. The zero-order valence-electron chi connectivity index (χ0n) is 34.8. The minimum atomic E-state index is -4.02. The highest BCUT2D eigenvalue weighted by Crippen LogP contribution is 2.54. The molecule has 1 unspecified atom stereocenters. The monoisotopic (exact) mass is 834 g/mol. The third-order valence-corrected chi connectivity index (χ3v) is 16.2. The van der Waals surface area contributed by atoms with Crippen molar-refractivity contribution in [1.29, 1.82) is 0 Å². The Bertz CT molecular complexity index is 2170. The van der Waals surface area contributed by atoms with Gasteiger partial charge in [0.1, 0.15) is 35.3 Å². The number of nitrogens with one attached hydrogen (secondary N) is 2. The Labute approximate surface area is 346 Å². The van der Waals surface area contributed by atoms with E-state index >= 15 is 4.79 Å². The SMILES string of the molecule is COc1ccc2c(O[C@@H]3C[C@H]4C(=O)N[C@]5(C(=O)NS(=O)(=O)C6(C)CC6)C[C@H]5/C=C\CC[C@H](C)C[C@@H](C)[C@H](N(C(=O)O)[C@H]5CC6C[C@H]6C5)C(=O)N4C3)nc(N(C)C)cc2c1. The number of fused-ring (bicyclic) bond motifs is 4. The number of allylic oxidation sites excluding steroid dienone is 1. The number of amides is 4. The number of aromatic nitrogens is 1. The van der Waals surface area contributed by atoms with Gasteiger partial charge in [-0.15, -0.1) is 0 Å². The Hall–Kier alpha value is -4.60. The van der Waals surface area contributed by atoms with Crippen LogP contribution >= 0.6 is 0 Å². The predicted molar refractivity (Wildman–Crippen MR) is 220 cm³/mol. The summed E-state index contributed by atoms with van der Waals surface area (Å²) in [5.41, 5.74) is -1.55. The number of benzene rings is 1. The average molecular weight is 835 g/mol. The molecule has 2 aliphatic heterocycles. The molecule has 5 fully saturated rings. The van der Waals surface area contributed by atoms with Gasteiger partial charge in [-0.05, 0) is 118 Å². The van der Waals surface area contributed by atoms with Crippen molar-refractivity contribution < 1.29 is 42.2 Å². The molecule has 1 aromatic carbocycles. The third kappa shape index (κ3) is 7.81. The summed E-state index contributed by atoms with van der Waals surface area (Å²) in [7, 11) is 1.29. The van der Waals surface area contributed by atoms with E-state index in [1.54, 1.807) is 20.1 Å². The van der Waals surface area contributed by atoms with E-state index in [0.29, 0.717) is 73.2 Å². The number of hydrogen-bond donors (Lipinski definition) is 3. The number of carbonyl (C=O) groups is 4. The Morgan fingerprint density at radius 3 is 2.44 bits per heavy atom. The Balaban J connectivity index is 1.17. The van der Waals surface area contributed by atoms with Gasteiger partial charge in [0.25, 0.3) is 5.91 Å². The first kappa shape index (κ1) is 41.1. The quantitative estimate of drug-likeness (QED) is 0.298. The lowest BCUT2D eigenvalue weighted by Gasteiger charge is -2.40. The molecule has 0 spiro atoms. The van der Waals surface area contributed by atoms with Crippen molar-refractivity contribution in [3.8, 4) is 11.6 Å². The van der Waals surface area contributed by atoms with Gasteiger partial charge in [-0.2, -0.15) is 4.98 Å². The molecule has 16 heteroatoms. The molecular formula is C43H58N6O9S. The molecule has 3 N–H and O–H groups in total. The molecule has 4 amide bonds. The first-order chi connectivity index (χ1) is 27.9. The Morgan fingerprint density at radius 2 is 1.78 bits per heavy atom. The summed E-state index contributed by atoms with van der Waals surface area (Å²) in [4.78, 5) is 67.0. The van der Waals surface area contributed by atoms with Crippen molar-refractivity contribution in [2.45, 2.75) is 119 Å². The summed E-state index contributed by atoms with van der Waals surface area (Å²) in [5, 5.41) is 15.3. The number of carbonyl (C=O) groups excluding carboxylic acids is 3. The van der Waals surface area contributed by atoms with Crippen molar-refractivity contribution in [1.82, 2.24) is 24.8 Å². The summed E-state index contributed by atoms with van der Waals surface area (Å²) in [5.74, 6) is -0.128. The van der Waals surface area contributed by atoms with Crippen LogP contribution in [0.2, 0.25) is 0 Å². The molecule has 8 rings (SSSR count). The van der Waals surface area contributed by atoms with Gasteiger partial charge in [-0.1, -0.05) is 26.0 Å². The van der Waals surface area contributed by atoms with Crippen molar-refractivity contribution in [3.05, 3.63) is 36.4 Å². The first-order valence-corrected chi connectivity index (χ1v) is 22.6. The van der Waals surface area contributed by atoms with E-state index in [4.69, 9.17) is 14.5 Å². The predicted octanol–water partition coefficient (Wildman–Crippen LogP) is 4.69. The highest BCUT2D eigenvalue weighted by Gasteiger charge is 2.63. The largest absolute Gasteiger partial charge is 0.497 e. The van der Waals surface area contributed by atoms with Crippen LogP contribution in [0.25, 0.3) is 10.8 Å². The maximum absolute atomic E-state index is 15.3. The molecule has 320 valence electrons. The molecule has 15 nitrogen and oxygen atoms in total. The van der Waals surface area contributed by atoms with Crippen molar-refractivity contribution >= 4 is 50.4 Å². The summed E-state index contributed by atoms with van der Waals surface area (Å²) >= 11 is 0. The highest BCUT2D eigenvalue weighted by atomic mass is 32.2. The van der Waals surface area contributed by atoms with Crippen LogP contribution in [-0.2, 0) is 24.4 Å². The number of anilines is 1. The lowest BCUT2D eigenvalue weighted by atomic mass is 9.86. The van der Waals surface area contributed by atoms with E-state index in [0.717, 1.165) is 18.2 Å². The smallest absolute Gasteiger partial charge is 0.408 e. The number of rotatable bonds is 9. The van der Waals surface area contributed by atoms with Crippen molar-refractivity contribution in [2.75, 3.05) is 32.6 Å². The van der Waals surface area contributed by atoms with Crippen LogP contribution < -0.4 is 24.4 Å². The van der Waals surface area contributed by atoms with Crippen LogP contribution in [0.15, 0.2) is 36.4 Å². The van der Waals surface area contributed by atoms with Crippen LogP contribution in [0, 0.1) is 29.6 Å². The van der Waals surface area contributed by atoms with E-state index in [9.17, 15) is 27.9 Å².